The molecule has 1 aromatic carbocycles. The number of Topliss-reactive ketones (excluding diaryl/α,β-unsaturated/α-hetero) is 1. The third-order valence-corrected chi connectivity index (χ3v) is 2.91. The van der Waals surface area contributed by atoms with Crippen molar-refractivity contribution in [3.63, 3.8) is 0 Å². The zero-order valence-electron chi connectivity index (χ0n) is 9.57. The second-order valence-corrected chi connectivity index (χ2v) is 4.95. The second-order valence-electron chi connectivity index (χ2n) is 4.03. The lowest BCUT2D eigenvalue weighted by Crippen LogP contribution is -2.06. The van der Waals surface area contributed by atoms with E-state index in [0.29, 0.717) is 12.8 Å². The molecule has 0 amide bonds. The van der Waals surface area contributed by atoms with Crippen molar-refractivity contribution in [1.29, 1.82) is 0 Å². The van der Waals surface area contributed by atoms with Crippen LogP contribution < -0.4 is 0 Å². The molecule has 0 radical (unpaired) electrons. The van der Waals surface area contributed by atoms with Crippen molar-refractivity contribution in [3.8, 4) is 0 Å². The number of halogens is 2. The SMILES string of the molecule is O=C(Cc1ccc(F)cc1)Cc1cncc(Br)c1. The lowest BCUT2D eigenvalue weighted by atomic mass is 10.0. The van der Waals surface area contributed by atoms with Gasteiger partial charge in [-0.05, 0) is 45.3 Å². The number of pyridine rings is 1. The molecule has 4 heteroatoms. The van der Waals surface area contributed by atoms with E-state index in [0.717, 1.165) is 15.6 Å². The maximum Gasteiger partial charge on any atom is 0.141 e. The number of ketones is 1. The first-order valence-corrected chi connectivity index (χ1v) is 6.28. The van der Waals surface area contributed by atoms with E-state index in [1.165, 1.54) is 12.1 Å². The molecular weight excluding hydrogens is 297 g/mol. The van der Waals surface area contributed by atoms with Crippen LogP contribution in [0.2, 0.25) is 0 Å². The van der Waals surface area contributed by atoms with Gasteiger partial charge in [-0.1, -0.05) is 12.1 Å². The van der Waals surface area contributed by atoms with Crippen LogP contribution in [-0.2, 0) is 17.6 Å². The van der Waals surface area contributed by atoms with E-state index in [4.69, 9.17) is 0 Å². The molecule has 2 nitrogen and oxygen atoms in total. The molecule has 2 aromatic rings. The first-order chi connectivity index (χ1) is 8.63. The number of carbonyl (C=O) groups is 1. The summed E-state index contributed by atoms with van der Waals surface area (Å²) in [7, 11) is 0. The molecule has 0 spiro atoms. The smallest absolute Gasteiger partial charge is 0.141 e. The molecule has 0 unspecified atom stereocenters. The summed E-state index contributed by atoms with van der Waals surface area (Å²) in [4.78, 5) is 15.8. The zero-order chi connectivity index (χ0) is 13.0. The molecule has 2 rings (SSSR count). The minimum atomic E-state index is -0.289. The van der Waals surface area contributed by atoms with Gasteiger partial charge < -0.3 is 0 Å². The highest BCUT2D eigenvalue weighted by Crippen LogP contribution is 2.11. The topological polar surface area (TPSA) is 30.0 Å². The predicted molar refractivity (Wildman–Crippen MR) is 70.8 cm³/mol. The van der Waals surface area contributed by atoms with Crippen molar-refractivity contribution < 1.29 is 9.18 Å². The van der Waals surface area contributed by atoms with Gasteiger partial charge in [0.2, 0.25) is 0 Å². The molecule has 92 valence electrons. The number of rotatable bonds is 4. The average molecular weight is 308 g/mol. The fraction of sp³-hybridized carbons (Fsp3) is 0.143. The number of carbonyl (C=O) groups excluding carboxylic acids is 1. The van der Waals surface area contributed by atoms with Gasteiger partial charge in [-0.25, -0.2) is 4.39 Å². The summed E-state index contributed by atoms with van der Waals surface area (Å²) in [5.74, 6) is -0.205. The Hall–Kier alpha value is -1.55. The van der Waals surface area contributed by atoms with E-state index < -0.39 is 0 Å². The van der Waals surface area contributed by atoms with Crippen LogP contribution in [0.25, 0.3) is 0 Å². The van der Waals surface area contributed by atoms with Crippen LogP contribution >= 0.6 is 15.9 Å². The van der Waals surface area contributed by atoms with Crippen LogP contribution in [-0.4, -0.2) is 10.8 Å². The minimum absolute atomic E-state index is 0.0847. The Morgan fingerprint density at radius 2 is 1.78 bits per heavy atom. The van der Waals surface area contributed by atoms with Gasteiger partial charge in [0.1, 0.15) is 11.6 Å². The van der Waals surface area contributed by atoms with Crippen LogP contribution in [0.3, 0.4) is 0 Å². The molecule has 0 N–H and O–H groups in total. The Balaban J connectivity index is 1.98. The fourth-order valence-corrected chi connectivity index (χ4v) is 2.08. The van der Waals surface area contributed by atoms with Gasteiger partial charge in [-0.15, -0.1) is 0 Å². The van der Waals surface area contributed by atoms with Gasteiger partial charge in [0.05, 0.1) is 0 Å². The largest absolute Gasteiger partial charge is 0.299 e. The van der Waals surface area contributed by atoms with Crippen molar-refractivity contribution >= 4 is 21.7 Å². The highest BCUT2D eigenvalue weighted by molar-refractivity contribution is 9.10. The predicted octanol–water partition coefficient (Wildman–Crippen LogP) is 3.34. The lowest BCUT2D eigenvalue weighted by molar-refractivity contribution is -0.117. The number of hydrogen-bond acceptors (Lipinski definition) is 2. The molecule has 0 aliphatic rings. The average Bonchev–Trinajstić information content (AvgIpc) is 2.32. The van der Waals surface area contributed by atoms with Crippen LogP contribution in [0.4, 0.5) is 4.39 Å². The first kappa shape index (κ1) is 12.9. The third kappa shape index (κ3) is 3.74. The Morgan fingerprint density at radius 3 is 2.44 bits per heavy atom. The molecule has 0 saturated carbocycles. The van der Waals surface area contributed by atoms with Crippen molar-refractivity contribution in [2.45, 2.75) is 12.8 Å². The molecule has 0 saturated heterocycles. The van der Waals surface area contributed by atoms with Gasteiger partial charge in [0, 0.05) is 29.7 Å². The summed E-state index contributed by atoms with van der Waals surface area (Å²) in [6, 6.07) is 7.86. The summed E-state index contributed by atoms with van der Waals surface area (Å²) in [5, 5.41) is 0. The Bertz CT molecular complexity index is 554. The maximum absolute atomic E-state index is 12.7. The monoisotopic (exact) mass is 307 g/mol. The quantitative estimate of drug-likeness (QED) is 0.867. The van der Waals surface area contributed by atoms with Crippen LogP contribution in [0.5, 0.6) is 0 Å². The van der Waals surface area contributed by atoms with Gasteiger partial charge in [0.25, 0.3) is 0 Å². The minimum Gasteiger partial charge on any atom is -0.299 e. The molecule has 0 aliphatic carbocycles. The Morgan fingerprint density at radius 1 is 1.11 bits per heavy atom. The molecule has 18 heavy (non-hydrogen) atoms. The summed E-state index contributed by atoms with van der Waals surface area (Å²) < 4.78 is 13.6. The molecule has 1 heterocycles. The Labute approximate surface area is 113 Å². The standard InChI is InChI=1S/C14H11BrFNO/c15-12-5-11(8-17-9-12)7-14(18)6-10-1-3-13(16)4-2-10/h1-5,8-9H,6-7H2. The molecule has 0 bridgehead atoms. The number of aromatic nitrogens is 1. The number of hydrogen-bond donors (Lipinski definition) is 0. The second kappa shape index (κ2) is 5.87. The fourth-order valence-electron chi connectivity index (χ4n) is 1.67. The van der Waals surface area contributed by atoms with Crippen molar-refractivity contribution in [2.75, 3.05) is 0 Å². The molecule has 0 atom stereocenters. The van der Waals surface area contributed by atoms with E-state index in [2.05, 4.69) is 20.9 Å². The zero-order valence-corrected chi connectivity index (χ0v) is 11.2. The lowest BCUT2D eigenvalue weighted by Gasteiger charge is -2.02. The third-order valence-electron chi connectivity index (χ3n) is 2.48. The highest BCUT2D eigenvalue weighted by atomic mass is 79.9. The molecule has 1 aromatic heterocycles. The molecule has 0 fully saturated rings. The molecular formula is C14H11BrFNO. The van der Waals surface area contributed by atoms with Crippen molar-refractivity contribution in [3.05, 3.63) is 64.1 Å². The van der Waals surface area contributed by atoms with Crippen LogP contribution in [0.1, 0.15) is 11.1 Å². The summed E-state index contributed by atoms with van der Waals surface area (Å²) in [6.07, 6.45) is 4.00. The van der Waals surface area contributed by atoms with Crippen molar-refractivity contribution in [1.82, 2.24) is 4.98 Å². The van der Waals surface area contributed by atoms with E-state index in [1.54, 1.807) is 24.5 Å². The van der Waals surface area contributed by atoms with E-state index in [-0.39, 0.29) is 11.6 Å². The van der Waals surface area contributed by atoms with E-state index in [1.807, 2.05) is 6.07 Å². The van der Waals surface area contributed by atoms with Gasteiger partial charge in [-0.3, -0.25) is 9.78 Å². The first-order valence-electron chi connectivity index (χ1n) is 5.49. The number of benzene rings is 1. The van der Waals surface area contributed by atoms with Gasteiger partial charge >= 0.3 is 0 Å². The summed E-state index contributed by atoms with van der Waals surface area (Å²) >= 11 is 3.31. The number of nitrogens with zero attached hydrogens (tertiary/aromatic N) is 1. The van der Waals surface area contributed by atoms with Gasteiger partial charge in [0.15, 0.2) is 0 Å². The maximum atomic E-state index is 12.7. The summed E-state index contributed by atoms with van der Waals surface area (Å²) in [5.41, 5.74) is 1.70. The highest BCUT2D eigenvalue weighted by Gasteiger charge is 2.06. The van der Waals surface area contributed by atoms with Gasteiger partial charge in [-0.2, -0.15) is 0 Å². The van der Waals surface area contributed by atoms with Crippen LogP contribution in [0.15, 0.2) is 47.2 Å². The van der Waals surface area contributed by atoms with Crippen LogP contribution in [0, 0.1) is 5.82 Å². The van der Waals surface area contributed by atoms with E-state index >= 15 is 0 Å². The van der Waals surface area contributed by atoms with E-state index in [9.17, 15) is 9.18 Å². The van der Waals surface area contributed by atoms with Crippen molar-refractivity contribution in [2.24, 2.45) is 0 Å². The normalized spacial score (nSPS) is 10.3. The summed E-state index contributed by atoms with van der Waals surface area (Å²) in [6.45, 7) is 0. The molecule has 0 aliphatic heterocycles. The Kier molecular flexibility index (Phi) is 4.20.